The quantitative estimate of drug-likeness (QED) is 0.0120. The Labute approximate surface area is 478 Å². The van der Waals surface area contributed by atoms with Crippen LogP contribution in [0.3, 0.4) is 0 Å². The van der Waals surface area contributed by atoms with E-state index in [0.29, 0.717) is 0 Å². The zero-order valence-electron chi connectivity index (χ0n) is 50.9. The van der Waals surface area contributed by atoms with Gasteiger partial charge in [-0.3, -0.25) is 0 Å². The molecule has 2 aromatic carbocycles. The molecule has 0 saturated heterocycles. The van der Waals surface area contributed by atoms with Gasteiger partial charge in [-0.25, -0.2) is 0 Å². The topological polar surface area (TPSA) is 36.4 Å². The largest absolute Gasteiger partial charge is 2.00 e. The number of rotatable bonds is 48. The van der Waals surface area contributed by atoms with Gasteiger partial charge in [0, 0.05) is 0 Å². The Morgan fingerprint density at radius 2 is 0.581 bits per heavy atom. The number of hydrogen-bond donors (Lipinski definition) is 0. The summed E-state index contributed by atoms with van der Waals surface area (Å²) in [7, 11) is 0. The fourth-order valence-corrected chi connectivity index (χ4v) is 10.8. The summed E-state index contributed by atoms with van der Waals surface area (Å²) in [5, 5.41) is 0. The molecule has 0 amide bonds. The number of unbranched alkanes of at least 4 members (excludes halogenated alkanes) is 33. The maximum Gasteiger partial charge on any atom is 2.00 e. The standard InChI is InChI=1S/C67H114N2.2C2H5.Pd/c1-7-13-19-23-25-27-29-31-33-35-37-39-44-48-61-53-62(49-45-40-38-36-34-32-30-28-26-24-20-14-8-2)57-65(56-61)67(66(51-18-12-6)63(58-69-68)50-41-17-11-5)64-54-59(46-42-21-15-9-3)52-60(55-64)47-43-22-16-10-4;2*1-2;/h52-57H,7-51H2,1-6H3;2*1H2,2H3;/q;2*-1;+2. The first-order valence-corrected chi connectivity index (χ1v) is 32.4. The van der Waals surface area contributed by atoms with Crippen molar-refractivity contribution in [3.63, 3.8) is 0 Å². The maximum absolute atomic E-state index is 10.2. The molecule has 0 fully saturated rings. The van der Waals surface area contributed by atoms with Gasteiger partial charge in [0.15, 0.2) is 0 Å². The van der Waals surface area contributed by atoms with Gasteiger partial charge in [-0.2, -0.15) is 13.8 Å². The molecule has 428 valence electrons. The van der Waals surface area contributed by atoms with Crippen molar-refractivity contribution in [1.82, 2.24) is 0 Å². The maximum atomic E-state index is 10.2. The molecular formula is C71H124N2Pd. The molecule has 0 aliphatic carbocycles. The van der Waals surface area contributed by atoms with Gasteiger partial charge in [0.2, 0.25) is 0 Å². The summed E-state index contributed by atoms with van der Waals surface area (Å²) in [4.78, 5) is 3.68. The average Bonchev–Trinajstić information content (AvgIpc) is 3.41. The van der Waals surface area contributed by atoms with Gasteiger partial charge in [-0.05, 0) is 122 Å². The summed E-state index contributed by atoms with van der Waals surface area (Å²) in [6.45, 7) is 23.9. The van der Waals surface area contributed by atoms with Crippen LogP contribution >= 0.6 is 0 Å². The predicted octanol–water partition coefficient (Wildman–Crippen LogP) is 24.3. The van der Waals surface area contributed by atoms with E-state index in [2.05, 4.69) is 102 Å². The Morgan fingerprint density at radius 1 is 0.338 bits per heavy atom. The third-order valence-corrected chi connectivity index (χ3v) is 15.1. The summed E-state index contributed by atoms with van der Waals surface area (Å²) in [5.41, 5.74) is 22.9. The second kappa shape index (κ2) is 57.2. The smallest absolute Gasteiger partial charge is 0.348 e. The Hall–Kier alpha value is -2.00. The summed E-state index contributed by atoms with van der Waals surface area (Å²) in [5.74, 6) is 3.22. The molecule has 0 aromatic heterocycles. The van der Waals surface area contributed by atoms with Gasteiger partial charge in [0.25, 0.3) is 0 Å². The normalized spacial score (nSPS) is 11.2. The van der Waals surface area contributed by atoms with Crippen LogP contribution in [0.25, 0.3) is 11.1 Å². The SMILES string of the molecule is CCCCCCCCCCCCCCCc1cc(CCCCCCCCCCCCCCC)cc(C(=C(CCCC)C(=C=[N+]=[N-])CCCCC)c2cc(CCCCCC)cc(CCCCCC)c2)c1.[CH2-]C.[CH2-]C.[Pd+2]. The zero-order valence-corrected chi connectivity index (χ0v) is 52.5. The summed E-state index contributed by atoms with van der Waals surface area (Å²) < 4.78 is 0. The minimum Gasteiger partial charge on any atom is -0.348 e. The molecule has 0 N–H and O–H groups in total. The van der Waals surface area contributed by atoms with Crippen LogP contribution in [0.2, 0.25) is 0 Å². The van der Waals surface area contributed by atoms with Crippen LogP contribution in [0.4, 0.5) is 0 Å². The summed E-state index contributed by atoms with van der Waals surface area (Å²) in [6, 6.07) is 15.5. The number of aryl methyl sites for hydroxylation is 4. The second-order valence-corrected chi connectivity index (χ2v) is 21.8. The fourth-order valence-electron chi connectivity index (χ4n) is 10.8. The molecule has 0 aliphatic rings. The molecule has 0 radical (unpaired) electrons. The Morgan fingerprint density at radius 3 is 0.851 bits per heavy atom. The minimum atomic E-state index is 0. The van der Waals surface area contributed by atoms with Crippen LogP contribution in [0, 0.1) is 13.8 Å². The van der Waals surface area contributed by atoms with E-state index in [4.69, 9.17) is 0 Å². The van der Waals surface area contributed by atoms with Crippen LogP contribution in [0.1, 0.15) is 352 Å². The Kier molecular flexibility index (Phi) is 57.2. The van der Waals surface area contributed by atoms with Crippen LogP contribution in [0.15, 0.2) is 47.5 Å². The van der Waals surface area contributed by atoms with E-state index in [-0.39, 0.29) is 20.4 Å². The molecule has 2 rings (SSSR count). The molecule has 0 spiro atoms. The molecule has 0 unspecified atom stereocenters. The predicted molar refractivity (Wildman–Crippen MR) is 331 cm³/mol. The molecule has 2 aromatic rings. The van der Waals surface area contributed by atoms with Gasteiger partial charge in [-0.15, -0.1) is 4.79 Å². The van der Waals surface area contributed by atoms with Crippen LogP contribution in [0.5, 0.6) is 0 Å². The molecule has 0 atom stereocenters. The molecule has 0 saturated carbocycles. The van der Waals surface area contributed by atoms with E-state index < -0.39 is 0 Å². The van der Waals surface area contributed by atoms with Crippen LogP contribution in [-0.4, -0.2) is 10.7 Å². The van der Waals surface area contributed by atoms with E-state index in [1.54, 1.807) is 13.8 Å². The van der Waals surface area contributed by atoms with Gasteiger partial charge in [0.1, 0.15) is 0 Å². The summed E-state index contributed by atoms with van der Waals surface area (Å²) >= 11 is 0. The van der Waals surface area contributed by atoms with Gasteiger partial charge >= 0.3 is 26.3 Å². The van der Waals surface area contributed by atoms with Crippen molar-refractivity contribution in [3.05, 3.63) is 100 Å². The molecule has 0 bridgehead atoms. The van der Waals surface area contributed by atoms with Crippen molar-refractivity contribution in [2.24, 2.45) is 0 Å². The number of benzene rings is 2. The van der Waals surface area contributed by atoms with Crippen LogP contribution in [-0.2, 0) is 46.1 Å². The Balaban J connectivity index is 0. The molecule has 74 heavy (non-hydrogen) atoms. The number of allylic oxidation sites excluding steroid dienone is 2. The molecule has 2 nitrogen and oxygen atoms in total. The Bertz CT molecular complexity index is 1560. The van der Waals surface area contributed by atoms with Crippen molar-refractivity contribution in [2.75, 3.05) is 0 Å². The minimum absolute atomic E-state index is 0. The van der Waals surface area contributed by atoms with E-state index >= 15 is 0 Å². The average molecular weight is 1110 g/mol. The van der Waals surface area contributed by atoms with Crippen molar-refractivity contribution in [3.8, 4) is 0 Å². The first-order valence-electron chi connectivity index (χ1n) is 32.4. The first kappa shape index (κ1) is 74.1. The third-order valence-electron chi connectivity index (χ3n) is 15.1. The molecule has 0 heterocycles. The van der Waals surface area contributed by atoms with E-state index in [0.717, 1.165) is 63.4 Å². The van der Waals surface area contributed by atoms with Crippen molar-refractivity contribution in [2.45, 2.75) is 344 Å². The van der Waals surface area contributed by atoms with Crippen LogP contribution < -0.4 is 0 Å². The van der Waals surface area contributed by atoms with E-state index in [9.17, 15) is 5.53 Å². The van der Waals surface area contributed by atoms with Crippen molar-refractivity contribution in [1.29, 1.82) is 0 Å². The number of nitrogens with zero attached hydrogens (tertiary/aromatic N) is 2. The number of hydrogen-bond acceptors (Lipinski definition) is 0. The van der Waals surface area contributed by atoms with Gasteiger partial charge in [0.05, 0.1) is 5.57 Å². The molecular weight excluding hydrogens is 987 g/mol. The van der Waals surface area contributed by atoms with Gasteiger partial charge in [-0.1, -0.05) is 290 Å². The van der Waals surface area contributed by atoms with E-state index in [1.807, 2.05) is 0 Å². The van der Waals surface area contributed by atoms with Crippen molar-refractivity contribution >= 4 is 11.4 Å². The van der Waals surface area contributed by atoms with Crippen molar-refractivity contribution < 1.29 is 25.2 Å². The monoisotopic (exact) mass is 1110 g/mol. The second-order valence-electron chi connectivity index (χ2n) is 21.8. The zero-order chi connectivity index (χ0) is 53.7. The summed E-state index contributed by atoms with van der Waals surface area (Å²) in [6.07, 6.45) is 58.7. The third kappa shape index (κ3) is 39.4. The van der Waals surface area contributed by atoms with E-state index in [1.165, 1.54) is 276 Å². The molecule has 0 aliphatic heterocycles. The van der Waals surface area contributed by atoms with Gasteiger partial charge < -0.3 is 19.4 Å². The fraction of sp³-hybridized carbons (Fsp3) is 0.746. The first-order chi connectivity index (χ1) is 36.0. The molecule has 3 heteroatoms.